The highest BCUT2D eigenvalue weighted by Crippen LogP contribution is 2.37. The van der Waals surface area contributed by atoms with Crippen LogP contribution in [0.15, 0.2) is 72.8 Å². The maximum Gasteiger partial charge on any atom is 0.118 e. The van der Waals surface area contributed by atoms with E-state index in [0.29, 0.717) is 0 Å². The number of aryl methyl sites for hydroxylation is 1. The highest BCUT2D eigenvalue weighted by molar-refractivity contribution is 9.15. The Morgan fingerprint density at radius 1 is 0.615 bits per heavy atom. The smallest absolute Gasteiger partial charge is 0.118 e. The summed E-state index contributed by atoms with van der Waals surface area (Å²) in [5.74, 6) is 1.68. The number of ether oxygens (including phenoxy) is 2. The van der Waals surface area contributed by atoms with Gasteiger partial charge < -0.3 is 9.47 Å². The Morgan fingerprint density at radius 2 is 1.00 bits per heavy atom. The second-order valence-corrected chi connectivity index (χ2v) is 6.81. The monoisotopic (exact) mass is 408 g/mol. The zero-order valence-electron chi connectivity index (χ0n) is 15.1. The summed E-state index contributed by atoms with van der Waals surface area (Å²) in [6, 6.07) is 24.7. The molecule has 0 aliphatic heterocycles. The number of hydrogen-bond acceptors (Lipinski definition) is 2. The molecule has 0 aliphatic carbocycles. The fourth-order valence-corrected chi connectivity index (χ4v) is 3.50. The highest BCUT2D eigenvalue weighted by Gasteiger charge is 2.13. The number of methoxy groups -OCH3 is 2. The van der Waals surface area contributed by atoms with Gasteiger partial charge in [-0.2, -0.15) is 0 Å². The first-order valence-corrected chi connectivity index (χ1v) is 9.17. The lowest BCUT2D eigenvalue weighted by Crippen LogP contribution is -1.93. The van der Waals surface area contributed by atoms with Crippen LogP contribution in [0.1, 0.15) is 22.3 Å². The van der Waals surface area contributed by atoms with E-state index in [1.54, 1.807) is 14.2 Å². The third-order valence-corrected chi connectivity index (χ3v) is 5.14. The number of halogens is 1. The van der Waals surface area contributed by atoms with Gasteiger partial charge in [-0.25, -0.2) is 0 Å². The molecule has 2 nitrogen and oxygen atoms in total. The molecule has 26 heavy (non-hydrogen) atoms. The molecule has 0 atom stereocenters. The molecule has 3 aromatic rings. The molecule has 0 heterocycles. The molecule has 0 fully saturated rings. The summed E-state index contributed by atoms with van der Waals surface area (Å²) in [5.41, 5.74) is 5.73. The topological polar surface area (TPSA) is 18.5 Å². The lowest BCUT2D eigenvalue weighted by Gasteiger charge is -2.14. The van der Waals surface area contributed by atoms with Gasteiger partial charge in [-0.1, -0.05) is 54.1 Å². The van der Waals surface area contributed by atoms with Gasteiger partial charge in [-0.3, -0.25) is 0 Å². The normalized spacial score (nSPS) is 10.3. The van der Waals surface area contributed by atoms with Crippen LogP contribution in [0, 0.1) is 6.92 Å². The van der Waals surface area contributed by atoms with Crippen molar-refractivity contribution in [3.8, 4) is 11.5 Å². The van der Waals surface area contributed by atoms with Gasteiger partial charge in [-0.05, 0) is 63.8 Å². The van der Waals surface area contributed by atoms with Crippen molar-refractivity contribution >= 4 is 26.0 Å². The predicted molar refractivity (Wildman–Crippen MR) is 112 cm³/mol. The molecule has 0 amide bonds. The number of benzene rings is 3. The zero-order valence-corrected chi connectivity index (χ0v) is 16.7. The van der Waals surface area contributed by atoms with Crippen LogP contribution in [0.4, 0.5) is 0 Å². The van der Waals surface area contributed by atoms with E-state index in [4.69, 9.17) is 9.47 Å². The Balaban J connectivity index is 2.16. The molecule has 0 unspecified atom stereocenters. The van der Waals surface area contributed by atoms with Gasteiger partial charge in [0.1, 0.15) is 11.5 Å². The number of rotatable bonds is 5. The molecule has 3 aromatic carbocycles. The Hall–Kier alpha value is -2.52. The van der Waals surface area contributed by atoms with E-state index in [9.17, 15) is 0 Å². The van der Waals surface area contributed by atoms with Gasteiger partial charge in [0.2, 0.25) is 0 Å². The van der Waals surface area contributed by atoms with Crippen LogP contribution in [0.3, 0.4) is 0 Å². The minimum atomic E-state index is 0.842. The molecule has 0 N–H and O–H groups in total. The minimum absolute atomic E-state index is 0.842. The molecular weight excluding hydrogens is 388 g/mol. The highest BCUT2D eigenvalue weighted by atomic mass is 79.9. The summed E-state index contributed by atoms with van der Waals surface area (Å²) in [6.07, 6.45) is 0. The second-order valence-electron chi connectivity index (χ2n) is 6.01. The van der Waals surface area contributed by atoms with Crippen LogP contribution in [-0.4, -0.2) is 14.2 Å². The first-order chi connectivity index (χ1) is 12.6. The van der Waals surface area contributed by atoms with Crippen LogP contribution in [0.5, 0.6) is 11.5 Å². The molecule has 3 heteroatoms. The van der Waals surface area contributed by atoms with Crippen molar-refractivity contribution in [1.82, 2.24) is 0 Å². The molecule has 0 saturated carbocycles. The van der Waals surface area contributed by atoms with Crippen LogP contribution in [0.25, 0.3) is 10.1 Å². The SMILES string of the molecule is COc1ccc(C(=C(Br)c2ccc(C)cc2)c2ccc(OC)cc2)cc1. The fourth-order valence-electron chi connectivity index (χ4n) is 2.78. The fraction of sp³-hybridized carbons (Fsp3) is 0.130. The summed E-state index contributed by atoms with van der Waals surface area (Å²) >= 11 is 3.84. The van der Waals surface area contributed by atoms with Gasteiger partial charge in [0.25, 0.3) is 0 Å². The third-order valence-electron chi connectivity index (χ3n) is 4.28. The first kappa shape index (κ1) is 18.3. The number of hydrogen-bond donors (Lipinski definition) is 0. The van der Waals surface area contributed by atoms with E-state index in [1.807, 2.05) is 24.3 Å². The Bertz CT molecular complexity index is 843. The van der Waals surface area contributed by atoms with E-state index in [1.165, 1.54) is 5.56 Å². The minimum Gasteiger partial charge on any atom is -0.497 e. The second kappa shape index (κ2) is 8.24. The van der Waals surface area contributed by atoms with Gasteiger partial charge >= 0.3 is 0 Å². The molecule has 0 bridgehead atoms. The quantitative estimate of drug-likeness (QED) is 0.459. The van der Waals surface area contributed by atoms with E-state index in [0.717, 1.165) is 38.2 Å². The van der Waals surface area contributed by atoms with E-state index >= 15 is 0 Å². The molecule has 0 aromatic heterocycles. The van der Waals surface area contributed by atoms with Crippen LogP contribution >= 0.6 is 15.9 Å². The molecular formula is C23H21BrO2. The van der Waals surface area contributed by atoms with Crippen molar-refractivity contribution in [2.75, 3.05) is 14.2 Å². The van der Waals surface area contributed by atoms with Crippen LogP contribution < -0.4 is 9.47 Å². The zero-order chi connectivity index (χ0) is 18.5. The van der Waals surface area contributed by atoms with E-state index < -0.39 is 0 Å². The molecule has 132 valence electrons. The summed E-state index contributed by atoms with van der Waals surface area (Å²) in [5, 5.41) is 0. The van der Waals surface area contributed by atoms with Crippen molar-refractivity contribution in [3.63, 3.8) is 0 Å². The predicted octanol–water partition coefficient (Wildman–Crippen LogP) is 6.32. The molecule has 0 saturated heterocycles. The standard InChI is InChI=1S/C23H21BrO2/c1-16-4-6-19(7-5-16)23(24)22(17-8-12-20(25-2)13-9-17)18-10-14-21(26-3)15-11-18/h4-15H,1-3H3. The average molecular weight is 409 g/mol. The van der Waals surface area contributed by atoms with Crippen molar-refractivity contribution in [1.29, 1.82) is 0 Å². The lowest BCUT2D eigenvalue weighted by atomic mass is 9.95. The van der Waals surface area contributed by atoms with Crippen molar-refractivity contribution in [2.24, 2.45) is 0 Å². The third kappa shape index (κ3) is 4.00. The van der Waals surface area contributed by atoms with Crippen molar-refractivity contribution in [3.05, 3.63) is 95.1 Å². The first-order valence-electron chi connectivity index (χ1n) is 8.38. The lowest BCUT2D eigenvalue weighted by molar-refractivity contribution is 0.414. The van der Waals surface area contributed by atoms with Gasteiger partial charge in [-0.15, -0.1) is 0 Å². The Labute approximate surface area is 163 Å². The van der Waals surface area contributed by atoms with E-state index in [2.05, 4.69) is 71.4 Å². The summed E-state index contributed by atoms with van der Waals surface area (Å²) in [6.45, 7) is 2.09. The van der Waals surface area contributed by atoms with Gasteiger partial charge in [0.05, 0.1) is 14.2 Å². The largest absolute Gasteiger partial charge is 0.497 e. The maximum absolute atomic E-state index is 5.30. The van der Waals surface area contributed by atoms with Crippen molar-refractivity contribution in [2.45, 2.75) is 6.92 Å². The summed E-state index contributed by atoms with van der Waals surface area (Å²) in [7, 11) is 3.36. The average Bonchev–Trinajstić information content (AvgIpc) is 2.69. The van der Waals surface area contributed by atoms with Gasteiger partial charge in [0, 0.05) is 10.1 Å². The molecule has 0 spiro atoms. The van der Waals surface area contributed by atoms with E-state index in [-0.39, 0.29) is 0 Å². The molecule has 0 radical (unpaired) electrons. The van der Waals surface area contributed by atoms with Gasteiger partial charge in [0.15, 0.2) is 0 Å². The summed E-state index contributed by atoms with van der Waals surface area (Å²) in [4.78, 5) is 0. The van der Waals surface area contributed by atoms with Crippen molar-refractivity contribution < 1.29 is 9.47 Å². The Morgan fingerprint density at radius 3 is 1.38 bits per heavy atom. The van der Waals surface area contributed by atoms with Crippen LogP contribution in [-0.2, 0) is 0 Å². The maximum atomic E-state index is 5.30. The Kier molecular flexibility index (Phi) is 5.79. The molecule has 0 aliphatic rings. The van der Waals surface area contributed by atoms with Crippen LogP contribution in [0.2, 0.25) is 0 Å². The summed E-state index contributed by atoms with van der Waals surface area (Å²) < 4.78 is 11.6. The molecule has 3 rings (SSSR count).